The molecule has 1 aromatic carbocycles. The molecule has 36 heavy (non-hydrogen) atoms. The average Bonchev–Trinajstić information content (AvgIpc) is 3.26. The molecule has 0 aliphatic carbocycles. The van der Waals surface area contributed by atoms with E-state index in [1.165, 1.54) is 10.8 Å². The molecule has 0 spiro atoms. The monoisotopic (exact) mass is 488 g/mol. The van der Waals surface area contributed by atoms with Gasteiger partial charge in [0.05, 0.1) is 18.4 Å². The van der Waals surface area contributed by atoms with Crippen molar-refractivity contribution in [3.05, 3.63) is 81.3 Å². The van der Waals surface area contributed by atoms with Crippen molar-refractivity contribution in [2.45, 2.75) is 32.0 Å². The van der Waals surface area contributed by atoms with Crippen molar-refractivity contribution >= 4 is 28.7 Å². The van der Waals surface area contributed by atoms with Crippen LogP contribution < -0.4 is 27.2 Å². The summed E-state index contributed by atoms with van der Waals surface area (Å²) in [4.78, 5) is 50.4. The number of nitrogens with zero attached hydrogens (tertiary/aromatic N) is 6. The van der Waals surface area contributed by atoms with Gasteiger partial charge < -0.3 is 16.0 Å². The number of hydrogen-bond donors (Lipinski definition) is 2. The van der Waals surface area contributed by atoms with Crippen LogP contribution in [0.5, 0.6) is 0 Å². The molecule has 3 aromatic heterocycles. The fourth-order valence-electron chi connectivity index (χ4n) is 4.63. The third kappa shape index (κ3) is 4.52. The Morgan fingerprint density at radius 2 is 1.94 bits per heavy atom. The Kier molecular flexibility index (Phi) is 6.38. The molecule has 11 heteroatoms. The highest BCUT2D eigenvalue weighted by atomic mass is 16.2. The van der Waals surface area contributed by atoms with Gasteiger partial charge in [0.15, 0.2) is 11.2 Å². The number of nitrogens with one attached hydrogen (secondary N) is 1. The molecule has 1 aliphatic heterocycles. The van der Waals surface area contributed by atoms with Gasteiger partial charge in [0.1, 0.15) is 6.54 Å². The number of fused-ring (bicyclic) bond motifs is 1. The van der Waals surface area contributed by atoms with Gasteiger partial charge in [0, 0.05) is 32.4 Å². The summed E-state index contributed by atoms with van der Waals surface area (Å²) >= 11 is 0. The van der Waals surface area contributed by atoms with E-state index in [1.54, 1.807) is 25.4 Å². The molecule has 3 N–H and O–H groups in total. The molecule has 1 aliphatic rings. The maximum Gasteiger partial charge on any atom is 0.332 e. The highest BCUT2D eigenvalue weighted by Crippen LogP contribution is 2.24. The molecule has 1 amide bonds. The fourth-order valence-corrected chi connectivity index (χ4v) is 4.63. The Balaban J connectivity index is 1.62. The number of carbonyl (C=O) groups excluding carboxylic acids is 1. The van der Waals surface area contributed by atoms with Crippen LogP contribution in [-0.4, -0.2) is 48.7 Å². The topological polar surface area (TPSA) is 133 Å². The van der Waals surface area contributed by atoms with E-state index in [9.17, 15) is 14.4 Å². The maximum absolute atomic E-state index is 13.7. The zero-order valence-electron chi connectivity index (χ0n) is 20.0. The zero-order chi connectivity index (χ0) is 25.2. The number of hydrogen-bond acceptors (Lipinski definition) is 7. The number of rotatable bonds is 6. The Morgan fingerprint density at radius 3 is 2.67 bits per heavy atom. The molecule has 11 nitrogen and oxygen atoms in total. The van der Waals surface area contributed by atoms with Gasteiger partial charge in [-0.3, -0.25) is 23.7 Å². The summed E-state index contributed by atoms with van der Waals surface area (Å²) in [6, 6.07) is 13.1. The quantitative estimate of drug-likeness (QED) is 0.412. The van der Waals surface area contributed by atoms with Crippen molar-refractivity contribution < 1.29 is 4.79 Å². The molecule has 4 heterocycles. The number of imidazole rings is 1. The molecule has 0 radical (unpaired) electrons. The lowest BCUT2D eigenvalue weighted by Gasteiger charge is -2.31. The van der Waals surface area contributed by atoms with E-state index in [-0.39, 0.29) is 17.2 Å². The number of anilines is 2. The van der Waals surface area contributed by atoms with Gasteiger partial charge >= 0.3 is 5.69 Å². The Bertz CT molecular complexity index is 1510. The van der Waals surface area contributed by atoms with Crippen LogP contribution in [0.2, 0.25) is 0 Å². The molecule has 1 saturated heterocycles. The number of piperidine rings is 1. The van der Waals surface area contributed by atoms with Gasteiger partial charge in [0.2, 0.25) is 11.9 Å². The van der Waals surface area contributed by atoms with E-state index >= 15 is 0 Å². The minimum absolute atomic E-state index is 0.000358. The first-order valence-corrected chi connectivity index (χ1v) is 11.9. The van der Waals surface area contributed by atoms with Crippen molar-refractivity contribution in [3.8, 4) is 0 Å². The van der Waals surface area contributed by atoms with E-state index in [0.29, 0.717) is 24.7 Å². The molecular formula is C25H28N8O3. The summed E-state index contributed by atoms with van der Waals surface area (Å²) in [6.07, 6.45) is 4.91. The number of benzene rings is 1. The van der Waals surface area contributed by atoms with Gasteiger partial charge in [0.25, 0.3) is 5.56 Å². The van der Waals surface area contributed by atoms with Crippen LogP contribution in [0.15, 0.2) is 64.4 Å². The van der Waals surface area contributed by atoms with Crippen LogP contribution in [0, 0.1) is 0 Å². The fraction of sp³-hybridized carbons (Fsp3) is 0.320. The van der Waals surface area contributed by atoms with E-state index < -0.39 is 23.7 Å². The van der Waals surface area contributed by atoms with Crippen molar-refractivity contribution in [2.75, 3.05) is 23.3 Å². The van der Waals surface area contributed by atoms with E-state index in [4.69, 9.17) is 10.7 Å². The normalized spacial score (nSPS) is 15.8. The third-order valence-electron chi connectivity index (χ3n) is 6.38. The molecule has 4 aromatic rings. The number of pyridine rings is 1. The Hall–Kier alpha value is -4.25. The molecule has 1 fully saturated rings. The van der Waals surface area contributed by atoms with Crippen molar-refractivity contribution in [3.63, 3.8) is 0 Å². The van der Waals surface area contributed by atoms with Crippen LogP contribution in [0.1, 0.15) is 18.4 Å². The number of aryl methyl sites for hydroxylation is 1. The number of nitrogens with two attached hydrogens (primary N) is 1. The first-order chi connectivity index (χ1) is 17.4. The smallest absolute Gasteiger partial charge is 0.332 e. The lowest BCUT2D eigenvalue weighted by molar-refractivity contribution is -0.116. The molecule has 0 bridgehead atoms. The molecule has 5 rings (SSSR count). The van der Waals surface area contributed by atoms with E-state index in [0.717, 1.165) is 29.5 Å². The molecular weight excluding hydrogens is 460 g/mol. The van der Waals surface area contributed by atoms with Crippen LogP contribution in [0.4, 0.5) is 11.6 Å². The average molecular weight is 489 g/mol. The predicted octanol–water partition coefficient (Wildman–Crippen LogP) is 0.906. The molecule has 186 valence electrons. The number of carbonyl (C=O) groups is 1. The lowest BCUT2D eigenvalue weighted by atomic mass is 10.1. The van der Waals surface area contributed by atoms with E-state index in [1.807, 2.05) is 34.9 Å². The summed E-state index contributed by atoms with van der Waals surface area (Å²) in [5.41, 5.74) is 7.06. The molecule has 1 unspecified atom stereocenters. The minimum Gasteiger partial charge on any atom is -0.341 e. The maximum atomic E-state index is 13.7. The largest absolute Gasteiger partial charge is 0.341 e. The van der Waals surface area contributed by atoms with E-state index in [2.05, 4.69) is 15.2 Å². The summed E-state index contributed by atoms with van der Waals surface area (Å²) < 4.78 is 4.10. The van der Waals surface area contributed by atoms with Gasteiger partial charge in [-0.15, -0.1) is 0 Å². The SMILES string of the molecule is Cn1c(=O)n(CC(=O)Nc2cccnc2)c(=O)c2c1nc(N1CCCC(N)C1)n2Cc1ccccc1. The van der Waals surface area contributed by atoms with Gasteiger partial charge in [-0.2, -0.15) is 4.98 Å². The van der Waals surface area contributed by atoms with Gasteiger partial charge in [-0.25, -0.2) is 9.36 Å². The lowest BCUT2D eigenvalue weighted by Crippen LogP contribution is -2.44. The Labute approximate surface area is 206 Å². The van der Waals surface area contributed by atoms with Crippen molar-refractivity contribution in [1.82, 2.24) is 23.7 Å². The summed E-state index contributed by atoms with van der Waals surface area (Å²) in [7, 11) is 1.56. The second-order valence-corrected chi connectivity index (χ2v) is 9.03. The standard InChI is InChI=1S/C25H28N8O3/c1-30-22-21(23(35)33(25(30)36)16-20(34)28-19-10-5-11-27-13-19)32(14-17-7-3-2-4-8-17)24(29-22)31-12-6-9-18(26)15-31/h2-5,7-8,10-11,13,18H,6,9,12,14-16,26H2,1H3,(H,28,34). The first-order valence-electron chi connectivity index (χ1n) is 11.9. The second-order valence-electron chi connectivity index (χ2n) is 9.03. The summed E-state index contributed by atoms with van der Waals surface area (Å²) in [5.74, 6) is 0.0894. The number of aromatic nitrogens is 5. The van der Waals surface area contributed by atoms with Crippen LogP contribution in [0.3, 0.4) is 0 Å². The molecule has 1 atom stereocenters. The van der Waals surface area contributed by atoms with Crippen LogP contribution >= 0.6 is 0 Å². The summed E-state index contributed by atoms with van der Waals surface area (Å²) in [6.45, 7) is 1.31. The van der Waals surface area contributed by atoms with Crippen molar-refractivity contribution in [1.29, 1.82) is 0 Å². The van der Waals surface area contributed by atoms with Gasteiger partial charge in [-0.05, 0) is 30.5 Å². The van der Waals surface area contributed by atoms with Gasteiger partial charge in [-0.1, -0.05) is 30.3 Å². The van der Waals surface area contributed by atoms with Crippen LogP contribution in [-0.2, 0) is 24.9 Å². The second kappa shape index (κ2) is 9.78. The highest BCUT2D eigenvalue weighted by Gasteiger charge is 2.27. The first kappa shape index (κ1) is 23.5. The van der Waals surface area contributed by atoms with Crippen molar-refractivity contribution in [2.24, 2.45) is 12.8 Å². The predicted molar refractivity (Wildman–Crippen MR) is 137 cm³/mol. The minimum atomic E-state index is -0.611. The third-order valence-corrected chi connectivity index (χ3v) is 6.38. The highest BCUT2D eigenvalue weighted by molar-refractivity contribution is 5.90. The summed E-state index contributed by atoms with van der Waals surface area (Å²) in [5, 5.41) is 2.67. The molecule has 0 saturated carbocycles. The Morgan fingerprint density at radius 1 is 1.14 bits per heavy atom. The number of amides is 1. The van der Waals surface area contributed by atoms with Crippen LogP contribution in [0.25, 0.3) is 11.2 Å². The zero-order valence-corrected chi connectivity index (χ0v) is 20.0.